The molecule has 10 heteroatoms. The zero-order chi connectivity index (χ0) is 25.1. The molecule has 0 aliphatic heterocycles. The summed E-state index contributed by atoms with van der Waals surface area (Å²) >= 11 is 0. The second kappa shape index (κ2) is 12.8. The van der Waals surface area contributed by atoms with E-state index >= 15 is 0 Å². The molecule has 34 heavy (non-hydrogen) atoms. The van der Waals surface area contributed by atoms with E-state index in [2.05, 4.69) is 30.9 Å². The lowest BCUT2D eigenvalue weighted by molar-refractivity contribution is -0.139. The molecule has 2 aromatic carbocycles. The van der Waals surface area contributed by atoms with E-state index in [1.807, 2.05) is 39.8 Å². The summed E-state index contributed by atoms with van der Waals surface area (Å²) in [5.74, 6) is -2.06. The fourth-order valence-electron chi connectivity index (χ4n) is 3.28. The van der Waals surface area contributed by atoms with E-state index in [1.54, 1.807) is 24.3 Å². The molecular weight excluding hydrogens is 436 g/mol. The number of nitrogens with one attached hydrogen (secondary N) is 2. The fraction of sp³-hybridized carbons (Fsp3) is 0.333. The third-order valence-corrected chi connectivity index (χ3v) is 5.23. The molecule has 2 aromatic rings. The van der Waals surface area contributed by atoms with Crippen LogP contribution in [-0.4, -0.2) is 60.6 Å². The Kier molecular flexibility index (Phi) is 9.88. The van der Waals surface area contributed by atoms with Gasteiger partial charge in [0.25, 0.3) is 0 Å². The molecule has 2 rings (SSSR count). The van der Waals surface area contributed by atoms with Gasteiger partial charge in [-0.25, -0.2) is 10.9 Å². The molecule has 0 atom stereocenters. The van der Waals surface area contributed by atoms with E-state index in [9.17, 15) is 19.8 Å². The van der Waals surface area contributed by atoms with Gasteiger partial charge in [0.1, 0.15) is 11.5 Å². The number of amides is 2. The molecule has 0 radical (unpaired) electrons. The summed E-state index contributed by atoms with van der Waals surface area (Å²) in [6.07, 6.45) is 2.48. The molecule has 0 saturated carbocycles. The summed E-state index contributed by atoms with van der Waals surface area (Å²) in [6, 6.07) is 10.2. The van der Waals surface area contributed by atoms with Crippen LogP contribution in [0.2, 0.25) is 0 Å². The Balaban J connectivity index is 1.91. The Bertz CT molecular complexity index is 962. The average Bonchev–Trinajstić information content (AvgIpc) is 2.83. The number of carbonyl (C=O) groups is 2. The summed E-state index contributed by atoms with van der Waals surface area (Å²) in [4.78, 5) is 28.0. The Hall–Kier alpha value is -4.08. The molecule has 4 N–H and O–H groups in total. The molecule has 182 valence electrons. The third kappa shape index (κ3) is 6.96. The predicted molar refractivity (Wildman–Crippen MR) is 135 cm³/mol. The Morgan fingerprint density at radius 2 is 1.09 bits per heavy atom. The maximum atomic E-state index is 11.9. The largest absolute Gasteiger partial charge is 0.507 e. The second-order valence-electron chi connectivity index (χ2n) is 7.23. The van der Waals surface area contributed by atoms with Crippen LogP contribution < -0.4 is 20.7 Å². The molecule has 0 heterocycles. The Morgan fingerprint density at radius 1 is 0.735 bits per heavy atom. The van der Waals surface area contributed by atoms with Crippen molar-refractivity contribution in [3.8, 4) is 11.5 Å². The molecule has 0 saturated heterocycles. The van der Waals surface area contributed by atoms with E-state index in [4.69, 9.17) is 0 Å². The normalized spacial score (nSPS) is 11.1. The highest BCUT2D eigenvalue weighted by molar-refractivity contribution is 6.35. The van der Waals surface area contributed by atoms with Crippen molar-refractivity contribution in [2.24, 2.45) is 10.2 Å². The van der Waals surface area contributed by atoms with Crippen molar-refractivity contribution in [3.05, 3.63) is 47.5 Å². The van der Waals surface area contributed by atoms with Gasteiger partial charge in [-0.05, 0) is 52.0 Å². The van der Waals surface area contributed by atoms with Crippen LogP contribution in [0.25, 0.3) is 0 Å². The van der Waals surface area contributed by atoms with Crippen LogP contribution in [0, 0.1) is 0 Å². The number of hydrogen-bond acceptors (Lipinski definition) is 8. The number of aromatic hydroxyl groups is 2. The lowest BCUT2D eigenvalue weighted by Crippen LogP contribution is -2.35. The standard InChI is InChI=1S/C24H32N6O4/c1-5-29(6-2)19-11-9-17(21(31)13-19)15-25-27-23(33)24(34)28-26-16-18-10-12-20(14-22(18)32)30(7-3)8-4/h9-16,31-32H,5-8H2,1-4H3,(H,27,33)(H,28,34). The molecule has 0 unspecified atom stereocenters. The first-order valence-electron chi connectivity index (χ1n) is 11.2. The van der Waals surface area contributed by atoms with Crippen LogP contribution in [-0.2, 0) is 9.59 Å². The van der Waals surface area contributed by atoms with E-state index in [0.29, 0.717) is 11.1 Å². The molecule has 2 amide bonds. The van der Waals surface area contributed by atoms with Crippen LogP contribution in [0.1, 0.15) is 38.8 Å². The Labute approximate surface area is 199 Å². The van der Waals surface area contributed by atoms with Crippen molar-refractivity contribution in [2.75, 3.05) is 36.0 Å². The van der Waals surface area contributed by atoms with Crippen molar-refractivity contribution in [1.29, 1.82) is 0 Å². The van der Waals surface area contributed by atoms with Gasteiger partial charge in [0.2, 0.25) is 0 Å². The molecule has 0 fully saturated rings. The summed E-state index contributed by atoms with van der Waals surface area (Å²) in [6.45, 7) is 11.3. The SMILES string of the molecule is CCN(CC)c1ccc(C=NNC(=O)C(=O)NN=Cc2ccc(N(CC)CC)cc2O)c(O)c1. The number of carbonyl (C=O) groups excluding carboxylic acids is 2. The first-order chi connectivity index (χ1) is 16.3. The maximum absolute atomic E-state index is 11.9. The zero-order valence-corrected chi connectivity index (χ0v) is 19.9. The topological polar surface area (TPSA) is 130 Å². The van der Waals surface area contributed by atoms with Crippen molar-refractivity contribution >= 4 is 35.6 Å². The molecule has 0 bridgehead atoms. The summed E-state index contributed by atoms with van der Waals surface area (Å²) in [7, 11) is 0. The zero-order valence-electron chi connectivity index (χ0n) is 19.9. The number of phenolic OH excluding ortho intramolecular Hbond substituents is 2. The van der Waals surface area contributed by atoms with E-state index < -0.39 is 11.8 Å². The molecule has 0 spiro atoms. The molecule has 0 aromatic heterocycles. The summed E-state index contributed by atoms with van der Waals surface area (Å²) in [5, 5.41) is 27.8. The van der Waals surface area contributed by atoms with Crippen molar-refractivity contribution < 1.29 is 19.8 Å². The quantitative estimate of drug-likeness (QED) is 0.241. The van der Waals surface area contributed by atoms with Gasteiger partial charge in [-0.2, -0.15) is 10.2 Å². The monoisotopic (exact) mass is 468 g/mol. The van der Waals surface area contributed by atoms with E-state index in [0.717, 1.165) is 37.6 Å². The smallest absolute Gasteiger partial charge is 0.331 e. The van der Waals surface area contributed by atoms with Gasteiger partial charge in [-0.3, -0.25) is 9.59 Å². The predicted octanol–water partition coefficient (Wildman–Crippen LogP) is 2.39. The number of rotatable bonds is 10. The number of nitrogens with zero attached hydrogens (tertiary/aromatic N) is 4. The average molecular weight is 469 g/mol. The molecule has 0 aliphatic carbocycles. The van der Waals surface area contributed by atoms with Gasteiger partial charge in [0.15, 0.2) is 0 Å². The first kappa shape index (κ1) is 26.2. The maximum Gasteiger partial charge on any atom is 0.331 e. The summed E-state index contributed by atoms with van der Waals surface area (Å²) in [5.41, 5.74) is 6.67. The van der Waals surface area contributed by atoms with Crippen LogP contribution >= 0.6 is 0 Å². The number of anilines is 2. The van der Waals surface area contributed by atoms with Gasteiger partial charge in [0.05, 0.1) is 12.4 Å². The lowest BCUT2D eigenvalue weighted by atomic mass is 10.2. The van der Waals surface area contributed by atoms with Crippen molar-refractivity contribution in [1.82, 2.24) is 10.9 Å². The van der Waals surface area contributed by atoms with Crippen molar-refractivity contribution in [3.63, 3.8) is 0 Å². The third-order valence-electron chi connectivity index (χ3n) is 5.23. The van der Waals surface area contributed by atoms with E-state index in [1.165, 1.54) is 12.4 Å². The van der Waals surface area contributed by atoms with Gasteiger partial charge in [0, 0.05) is 60.8 Å². The fourth-order valence-corrected chi connectivity index (χ4v) is 3.28. The highest BCUT2D eigenvalue weighted by Gasteiger charge is 2.12. The summed E-state index contributed by atoms with van der Waals surface area (Å²) < 4.78 is 0. The van der Waals surface area contributed by atoms with Crippen LogP contribution in [0.3, 0.4) is 0 Å². The molecule has 10 nitrogen and oxygen atoms in total. The van der Waals surface area contributed by atoms with Gasteiger partial charge in [-0.1, -0.05) is 0 Å². The molecule has 0 aliphatic rings. The highest BCUT2D eigenvalue weighted by atomic mass is 16.3. The lowest BCUT2D eigenvalue weighted by Gasteiger charge is -2.21. The van der Waals surface area contributed by atoms with Gasteiger partial charge in [-0.15, -0.1) is 0 Å². The number of hydrazone groups is 2. The van der Waals surface area contributed by atoms with E-state index in [-0.39, 0.29) is 11.5 Å². The number of benzene rings is 2. The number of hydrogen-bond donors (Lipinski definition) is 4. The highest BCUT2D eigenvalue weighted by Crippen LogP contribution is 2.24. The minimum atomic E-state index is -1.03. The van der Waals surface area contributed by atoms with Crippen molar-refractivity contribution in [2.45, 2.75) is 27.7 Å². The van der Waals surface area contributed by atoms with Gasteiger partial charge >= 0.3 is 11.8 Å². The number of phenols is 2. The minimum absolute atomic E-state index is 0.00303. The minimum Gasteiger partial charge on any atom is -0.507 e. The second-order valence-corrected chi connectivity index (χ2v) is 7.23. The van der Waals surface area contributed by atoms with Crippen LogP contribution in [0.5, 0.6) is 11.5 Å². The first-order valence-corrected chi connectivity index (χ1v) is 11.2. The Morgan fingerprint density at radius 3 is 1.38 bits per heavy atom. The molecular formula is C24H32N6O4. The van der Waals surface area contributed by atoms with Gasteiger partial charge < -0.3 is 20.0 Å². The van der Waals surface area contributed by atoms with Crippen LogP contribution in [0.4, 0.5) is 11.4 Å². The van der Waals surface area contributed by atoms with Crippen LogP contribution in [0.15, 0.2) is 46.6 Å².